The van der Waals surface area contributed by atoms with Crippen LogP contribution in [0.3, 0.4) is 0 Å². The third kappa shape index (κ3) is 4.57. The molecule has 3 heterocycles. The number of carbonyl (C=O) groups is 1. The van der Waals surface area contributed by atoms with Crippen LogP contribution in [0.25, 0.3) is 32.4 Å². The van der Waals surface area contributed by atoms with Crippen LogP contribution in [0.4, 0.5) is 10.1 Å². The first-order chi connectivity index (χ1) is 16.1. The molecule has 33 heavy (non-hydrogen) atoms. The summed E-state index contributed by atoms with van der Waals surface area (Å²) in [5.41, 5.74) is 4.79. The number of amides is 1. The van der Waals surface area contributed by atoms with E-state index in [-0.39, 0.29) is 11.7 Å². The number of nitrogens with zero attached hydrogens (tertiary/aromatic N) is 3. The Hall–Kier alpha value is -3.75. The number of nitrogens with one attached hydrogen (secondary N) is 1. The fraction of sp³-hybridized carbons (Fsp3) is 0.0400. The number of hydrogen-bond acceptors (Lipinski definition) is 6. The van der Waals surface area contributed by atoms with E-state index in [4.69, 9.17) is 4.98 Å². The van der Waals surface area contributed by atoms with Gasteiger partial charge in [0.05, 0.1) is 11.4 Å². The lowest BCUT2D eigenvalue weighted by atomic mass is 10.1. The van der Waals surface area contributed by atoms with E-state index in [1.807, 2.05) is 41.8 Å². The quantitative estimate of drug-likeness (QED) is 0.309. The summed E-state index contributed by atoms with van der Waals surface area (Å²) in [5.74, 6) is -0.539. The van der Waals surface area contributed by atoms with Crippen molar-refractivity contribution in [1.82, 2.24) is 15.0 Å². The summed E-state index contributed by atoms with van der Waals surface area (Å²) in [6.07, 6.45) is 3.52. The Bertz CT molecular complexity index is 1430. The van der Waals surface area contributed by atoms with Crippen molar-refractivity contribution >= 4 is 34.3 Å². The van der Waals surface area contributed by atoms with Gasteiger partial charge in [0.1, 0.15) is 20.7 Å². The van der Waals surface area contributed by atoms with E-state index in [1.165, 1.54) is 23.5 Å². The van der Waals surface area contributed by atoms with Crippen molar-refractivity contribution in [2.24, 2.45) is 0 Å². The van der Waals surface area contributed by atoms with Crippen molar-refractivity contribution in [1.29, 1.82) is 0 Å². The van der Waals surface area contributed by atoms with Gasteiger partial charge in [-0.05, 0) is 55.5 Å². The number of aryl methyl sites for hydroxylation is 1. The van der Waals surface area contributed by atoms with Gasteiger partial charge in [-0.2, -0.15) is 0 Å². The first kappa shape index (κ1) is 21.1. The van der Waals surface area contributed by atoms with E-state index in [2.05, 4.69) is 15.3 Å². The average molecular weight is 473 g/mol. The van der Waals surface area contributed by atoms with Crippen LogP contribution in [0.5, 0.6) is 0 Å². The molecule has 0 fully saturated rings. The van der Waals surface area contributed by atoms with Crippen LogP contribution in [-0.2, 0) is 0 Å². The molecule has 0 saturated heterocycles. The summed E-state index contributed by atoms with van der Waals surface area (Å²) >= 11 is 2.83. The third-order valence-electron chi connectivity index (χ3n) is 4.92. The predicted molar refractivity (Wildman–Crippen MR) is 131 cm³/mol. The Morgan fingerprint density at radius 1 is 0.939 bits per heavy atom. The summed E-state index contributed by atoms with van der Waals surface area (Å²) in [6.45, 7) is 1.80. The van der Waals surface area contributed by atoms with E-state index < -0.39 is 0 Å². The van der Waals surface area contributed by atoms with E-state index >= 15 is 0 Å². The zero-order valence-corrected chi connectivity index (χ0v) is 19.1. The standard InChI is InChI=1S/C25H17FN4OS2/c1-15-22(33-25(28-15)16-7-9-19(26)10-8-16)23(31)29-20-6-2-4-17(12-20)21-14-32-24(30-21)18-5-3-11-27-13-18/h2-14H,1H3,(H,29,31). The third-order valence-corrected chi connectivity index (χ3v) is 7.02. The van der Waals surface area contributed by atoms with Gasteiger partial charge >= 0.3 is 0 Å². The van der Waals surface area contributed by atoms with Crippen molar-refractivity contribution in [2.45, 2.75) is 6.92 Å². The molecule has 0 aliphatic rings. The summed E-state index contributed by atoms with van der Waals surface area (Å²) in [5, 5.41) is 6.52. The van der Waals surface area contributed by atoms with Gasteiger partial charge < -0.3 is 5.32 Å². The SMILES string of the molecule is Cc1nc(-c2ccc(F)cc2)sc1C(=O)Nc1cccc(-c2csc(-c3cccnc3)n2)c1. The molecule has 0 bridgehead atoms. The fourth-order valence-corrected chi connectivity index (χ4v) is 5.08. The number of pyridine rings is 1. The lowest BCUT2D eigenvalue weighted by Gasteiger charge is -2.06. The minimum atomic E-state index is -0.308. The second-order valence-electron chi connectivity index (χ2n) is 7.25. The zero-order chi connectivity index (χ0) is 22.8. The normalized spacial score (nSPS) is 10.8. The fourth-order valence-electron chi connectivity index (χ4n) is 3.30. The van der Waals surface area contributed by atoms with E-state index in [1.54, 1.807) is 42.8 Å². The van der Waals surface area contributed by atoms with Crippen molar-refractivity contribution in [2.75, 3.05) is 5.32 Å². The molecule has 8 heteroatoms. The van der Waals surface area contributed by atoms with Crippen LogP contribution in [-0.4, -0.2) is 20.9 Å². The summed E-state index contributed by atoms with van der Waals surface area (Å²) in [4.78, 5) is 26.8. The molecule has 0 atom stereocenters. The molecular weight excluding hydrogens is 455 g/mol. The van der Waals surface area contributed by atoms with Gasteiger partial charge in [0.25, 0.3) is 5.91 Å². The maximum absolute atomic E-state index is 13.2. The molecule has 162 valence electrons. The first-order valence-corrected chi connectivity index (χ1v) is 11.8. The van der Waals surface area contributed by atoms with Gasteiger partial charge in [-0.1, -0.05) is 12.1 Å². The zero-order valence-electron chi connectivity index (χ0n) is 17.4. The summed E-state index contributed by atoms with van der Waals surface area (Å²) in [6, 6.07) is 17.5. The summed E-state index contributed by atoms with van der Waals surface area (Å²) in [7, 11) is 0. The minimum Gasteiger partial charge on any atom is -0.321 e. The average Bonchev–Trinajstić information content (AvgIpc) is 3.48. The molecular formula is C25H17FN4OS2. The second kappa shape index (κ2) is 9.01. The minimum absolute atomic E-state index is 0.232. The van der Waals surface area contributed by atoms with Gasteiger partial charge in [-0.25, -0.2) is 14.4 Å². The Balaban J connectivity index is 1.36. The van der Waals surface area contributed by atoms with Gasteiger partial charge in [-0.15, -0.1) is 22.7 Å². The number of carbonyl (C=O) groups excluding carboxylic acids is 1. The molecule has 0 saturated carbocycles. The number of aromatic nitrogens is 3. The number of hydrogen-bond donors (Lipinski definition) is 1. The van der Waals surface area contributed by atoms with Crippen LogP contribution >= 0.6 is 22.7 Å². The Morgan fingerprint density at radius 2 is 1.76 bits per heavy atom. The van der Waals surface area contributed by atoms with Crippen LogP contribution in [0.15, 0.2) is 78.4 Å². The molecule has 0 spiro atoms. The molecule has 1 amide bonds. The second-order valence-corrected chi connectivity index (χ2v) is 9.11. The highest BCUT2D eigenvalue weighted by molar-refractivity contribution is 7.17. The molecule has 3 aromatic heterocycles. The highest BCUT2D eigenvalue weighted by atomic mass is 32.1. The van der Waals surface area contributed by atoms with E-state index in [0.29, 0.717) is 21.3 Å². The molecule has 5 aromatic rings. The topological polar surface area (TPSA) is 67.8 Å². The Kier molecular flexibility index (Phi) is 5.77. The molecule has 5 nitrogen and oxygen atoms in total. The number of rotatable bonds is 5. The van der Waals surface area contributed by atoms with Crippen molar-refractivity contribution < 1.29 is 9.18 Å². The van der Waals surface area contributed by atoms with Crippen molar-refractivity contribution in [3.05, 3.63) is 94.8 Å². The predicted octanol–water partition coefficient (Wildman–Crippen LogP) is 6.70. The van der Waals surface area contributed by atoms with Crippen LogP contribution in [0, 0.1) is 12.7 Å². The van der Waals surface area contributed by atoms with Gasteiger partial charge in [-0.3, -0.25) is 9.78 Å². The maximum Gasteiger partial charge on any atom is 0.267 e. The van der Waals surface area contributed by atoms with Crippen LogP contribution < -0.4 is 5.32 Å². The monoisotopic (exact) mass is 472 g/mol. The van der Waals surface area contributed by atoms with Crippen LogP contribution in [0.2, 0.25) is 0 Å². The van der Waals surface area contributed by atoms with Crippen LogP contribution in [0.1, 0.15) is 15.4 Å². The first-order valence-electron chi connectivity index (χ1n) is 10.1. The van der Waals surface area contributed by atoms with Gasteiger partial charge in [0, 0.05) is 40.2 Å². The van der Waals surface area contributed by atoms with Gasteiger partial charge in [0.15, 0.2) is 0 Å². The Morgan fingerprint density at radius 3 is 2.55 bits per heavy atom. The summed E-state index contributed by atoms with van der Waals surface area (Å²) < 4.78 is 13.2. The lowest BCUT2D eigenvalue weighted by molar-refractivity contribution is 0.103. The molecule has 0 unspecified atom stereocenters. The molecule has 0 aliphatic carbocycles. The largest absolute Gasteiger partial charge is 0.321 e. The molecule has 5 rings (SSSR count). The number of anilines is 1. The lowest BCUT2D eigenvalue weighted by Crippen LogP contribution is -2.11. The molecule has 0 radical (unpaired) electrons. The maximum atomic E-state index is 13.2. The van der Waals surface area contributed by atoms with E-state index in [9.17, 15) is 9.18 Å². The number of thiazole rings is 2. The highest BCUT2D eigenvalue weighted by Crippen LogP contribution is 2.31. The number of benzene rings is 2. The van der Waals surface area contributed by atoms with Crippen molar-refractivity contribution in [3.8, 4) is 32.4 Å². The smallest absolute Gasteiger partial charge is 0.267 e. The molecule has 2 aromatic carbocycles. The van der Waals surface area contributed by atoms with Crippen molar-refractivity contribution in [3.63, 3.8) is 0 Å². The Labute approximate surface area is 197 Å². The van der Waals surface area contributed by atoms with Gasteiger partial charge in [0.2, 0.25) is 0 Å². The molecule has 0 aliphatic heterocycles. The molecule has 1 N–H and O–H groups in total. The number of halogens is 1. The van der Waals surface area contributed by atoms with E-state index in [0.717, 1.165) is 27.4 Å². The highest BCUT2D eigenvalue weighted by Gasteiger charge is 2.17.